The van der Waals surface area contributed by atoms with Crippen LogP contribution in [-0.2, 0) is 5.54 Å². The predicted molar refractivity (Wildman–Crippen MR) is 134 cm³/mol. The van der Waals surface area contributed by atoms with Gasteiger partial charge in [0.2, 0.25) is 5.92 Å². The van der Waals surface area contributed by atoms with Crippen molar-refractivity contribution in [3.8, 4) is 0 Å². The molecule has 202 valence electrons. The highest BCUT2D eigenvalue weighted by Gasteiger charge is 2.48. The van der Waals surface area contributed by atoms with E-state index in [1.54, 1.807) is 30.3 Å². The molecule has 1 unspecified atom stereocenters. The van der Waals surface area contributed by atoms with E-state index in [1.165, 1.54) is 0 Å². The second kappa shape index (κ2) is 14.9. The van der Waals surface area contributed by atoms with Crippen molar-refractivity contribution in [2.24, 2.45) is 5.73 Å². The van der Waals surface area contributed by atoms with Crippen LogP contribution in [0, 0.1) is 0 Å². The molecular weight excluding hydrogens is 465 g/mol. The molecule has 0 spiro atoms. The number of nitrogens with two attached hydrogens (primary N) is 1. The molecule has 1 atom stereocenters. The van der Waals surface area contributed by atoms with Gasteiger partial charge in [0.25, 0.3) is 0 Å². The van der Waals surface area contributed by atoms with Crippen molar-refractivity contribution in [1.82, 2.24) is 15.2 Å². The molecule has 1 aromatic rings. The van der Waals surface area contributed by atoms with E-state index in [0.717, 1.165) is 12.0 Å². The molecule has 2 aliphatic rings. The first kappa shape index (κ1) is 32.6. The Hall–Kier alpha value is -2.36. The van der Waals surface area contributed by atoms with Gasteiger partial charge < -0.3 is 21.3 Å². The Morgan fingerprint density at radius 3 is 2.14 bits per heavy atom. The fourth-order valence-corrected chi connectivity index (χ4v) is 3.54. The van der Waals surface area contributed by atoms with E-state index in [4.69, 9.17) is 5.73 Å². The van der Waals surface area contributed by atoms with Crippen LogP contribution in [0.1, 0.15) is 65.4 Å². The second-order valence-electron chi connectivity index (χ2n) is 8.48. The lowest BCUT2D eigenvalue weighted by molar-refractivity contribution is -0.150. The summed E-state index contributed by atoms with van der Waals surface area (Å²) in [4.78, 5) is 5.76. The Balaban J connectivity index is 0.000000678. The third-order valence-electron chi connectivity index (χ3n) is 5.58. The number of nitrogens with zero attached hydrogens (tertiary/aromatic N) is 2. The summed E-state index contributed by atoms with van der Waals surface area (Å²) in [7, 11) is 1.75. The number of halogens is 5. The van der Waals surface area contributed by atoms with Gasteiger partial charge in [-0.15, -0.1) is 6.58 Å². The average molecular weight is 508 g/mol. The van der Waals surface area contributed by atoms with Gasteiger partial charge in [0, 0.05) is 39.2 Å². The molecular formula is C25H42F5N5. The zero-order valence-electron chi connectivity index (χ0n) is 21.6. The van der Waals surface area contributed by atoms with Crippen LogP contribution >= 0.6 is 0 Å². The van der Waals surface area contributed by atoms with Gasteiger partial charge in [0.1, 0.15) is 11.9 Å². The molecule has 2 fully saturated rings. The van der Waals surface area contributed by atoms with Gasteiger partial charge in [-0.05, 0) is 44.4 Å². The zero-order chi connectivity index (χ0) is 27.3. The fraction of sp³-hybridized carbons (Fsp3) is 0.640. The lowest BCUT2D eigenvalue weighted by Crippen LogP contribution is -2.42. The molecule has 2 heterocycles. The first-order valence-corrected chi connectivity index (χ1v) is 11.9. The van der Waals surface area contributed by atoms with Crippen molar-refractivity contribution in [2.75, 3.05) is 25.5 Å². The number of rotatable bonds is 4. The molecule has 1 aromatic heterocycles. The third kappa shape index (κ3) is 10.8. The smallest absolute Gasteiger partial charge is 0.373 e. The number of anilines is 1. The molecule has 1 saturated heterocycles. The van der Waals surface area contributed by atoms with E-state index in [0.29, 0.717) is 25.2 Å². The summed E-state index contributed by atoms with van der Waals surface area (Å²) < 4.78 is 63.0. The Labute approximate surface area is 207 Å². The van der Waals surface area contributed by atoms with Crippen molar-refractivity contribution in [3.63, 3.8) is 0 Å². The maximum Gasteiger partial charge on any atom is 0.410 e. The molecule has 1 saturated carbocycles. The molecule has 35 heavy (non-hydrogen) atoms. The third-order valence-corrected chi connectivity index (χ3v) is 5.58. The van der Waals surface area contributed by atoms with Crippen LogP contribution in [0.3, 0.4) is 0 Å². The molecule has 1 aliphatic carbocycles. The minimum absolute atomic E-state index is 0.118. The molecule has 3 rings (SSSR count). The van der Waals surface area contributed by atoms with Crippen LogP contribution in [0.2, 0.25) is 0 Å². The highest BCUT2D eigenvalue weighted by molar-refractivity contribution is 5.39. The van der Waals surface area contributed by atoms with Gasteiger partial charge >= 0.3 is 6.18 Å². The lowest BCUT2D eigenvalue weighted by Gasteiger charge is -2.37. The van der Waals surface area contributed by atoms with E-state index in [-0.39, 0.29) is 25.2 Å². The summed E-state index contributed by atoms with van der Waals surface area (Å²) in [5.41, 5.74) is 5.15. The Morgan fingerprint density at radius 1 is 1.23 bits per heavy atom. The number of hydrogen-bond acceptors (Lipinski definition) is 5. The van der Waals surface area contributed by atoms with E-state index in [9.17, 15) is 22.0 Å². The molecule has 10 heteroatoms. The summed E-state index contributed by atoms with van der Waals surface area (Å²) >= 11 is 0. The number of hydrogen-bond donors (Lipinski definition) is 3. The van der Waals surface area contributed by atoms with Crippen molar-refractivity contribution in [2.45, 2.75) is 83.5 Å². The minimum Gasteiger partial charge on any atom is -0.373 e. The summed E-state index contributed by atoms with van der Waals surface area (Å²) in [5.74, 6) is -1.37. The van der Waals surface area contributed by atoms with E-state index >= 15 is 0 Å². The Morgan fingerprint density at radius 2 is 1.77 bits per heavy atom. The monoisotopic (exact) mass is 507 g/mol. The Bertz CT molecular complexity index is 757. The van der Waals surface area contributed by atoms with Crippen LogP contribution < -0.4 is 16.4 Å². The molecule has 0 radical (unpaired) electrons. The molecule has 0 amide bonds. The summed E-state index contributed by atoms with van der Waals surface area (Å²) in [6.07, 6.45) is 1.66. The highest BCUT2D eigenvalue weighted by Crippen LogP contribution is 2.36. The summed E-state index contributed by atoms with van der Waals surface area (Å²) in [6, 6.07) is 2.04. The van der Waals surface area contributed by atoms with Crippen LogP contribution in [0.4, 0.5) is 27.8 Å². The van der Waals surface area contributed by atoms with Crippen LogP contribution in [0.5, 0.6) is 0 Å². The van der Waals surface area contributed by atoms with Gasteiger partial charge in [-0.25, -0.2) is 13.8 Å². The summed E-state index contributed by atoms with van der Waals surface area (Å²) in [5, 5.41) is 5.35. The normalized spacial score (nSPS) is 19.0. The molecule has 1 aliphatic heterocycles. The Kier molecular flexibility index (Phi) is 13.9. The largest absolute Gasteiger partial charge is 0.410 e. The number of aromatic nitrogens is 1. The van der Waals surface area contributed by atoms with Gasteiger partial charge in [-0.3, -0.25) is 0 Å². The number of nitrogens with one attached hydrogen (secondary N) is 2. The standard InChI is InChI=1S/C14H19F3N4.C6H10F2.C3H7N.C2H6/c1-9-20-11(14(15,16)17)8-21(9)13(2,3)10-5-6-19-12(7-10)18-4;7-6(8)4-2-1-3-5-6;1-2-3-4;1-2/h5-7,11,20H,1,8H2,2-4H3,(H,18,19);1-5H2;2H,1,3-4H2;1-2H3. The van der Waals surface area contributed by atoms with Gasteiger partial charge in [0.05, 0.1) is 11.4 Å². The van der Waals surface area contributed by atoms with Crippen molar-refractivity contribution < 1.29 is 22.0 Å². The molecule has 4 N–H and O–H groups in total. The van der Waals surface area contributed by atoms with Gasteiger partial charge in [-0.2, -0.15) is 13.2 Å². The second-order valence-corrected chi connectivity index (χ2v) is 8.48. The minimum atomic E-state index is -4.29. The van der Waals surface area contributed by atoms with Crippen molar-refractivity contribution >= 4 is 5.82 Å². The van der Waals surface area contributed by atoms with Crippen molar-refractivity contribution in [3.05, 3.63) is 48.9 Å². The summed E-state index contributed by atoms with van der Waals surface area (Å²) in [6.45, 7) is 15.2. The number of alkyl halides is 5. The fourth-order valence-electron chi connectivity index (χ4n) is 3.54. The quantitative estimate of drug-likeness (QED) is 0.325. The molecule has 0 aromatic carbocycles. The van der Waals surface area contributed by atoms with Crippen LogP contribution in [0.25, 0.3) is 0 Å². The highest BCUT2D eigenvalue weighted by atomic mass is 19.4. The van der Waals surface area contributed by atoms with E-state index in [2.05, 4.69) is 28.8 Å². The molecule has 0 bridgehead atoms. The number of pyridine rings is 1. The average Bonchev–Trinajstić information content (AvgIpc) is 3.24. The van der Waals surface area contributed by atoms with Crippen molar-refractivity contribution in [1.29, 1.82) is 0 Å². The zero-order valence-corrected chi connectivity index (χ0v) is 21.6. The maximum absolute atomic E-state index is 12.9. The van der Waals surface area contributed by atoms with E-state index in [1.807, 2.05) is 33.8 Å². The van der Waals surface area contributed by atoms with Crippen LogP contribution in [0.15, 0.2) is 43.4 Å². The van der Waals surface area contributed by atoms with E-state index < -0.39 is 23.7 Å². The molecule has 5 nitrogen and oxygen atoms in total. The van der Waals surface area contributed by atoms with Crippen LogP contribution in [-0.4, -0.2) is 48.2 Å². The first-order valence-electron chi connectivity index (χ1n) is 11.9. The topological polar surface area (TPSA) is 66.2 Å². The van der Waals surface area contributed by atoms with Gasteiger partial charge in [-0.1, -0.05) is 32.9 Å². The first-order chi connectivity index (χ1) is 16.3. The maximum atomic E-state index is 12.9. The lowest BCUT2D eigenvalue weighted by atomic mass is 9.93. The SMILES string of the molecule is C=C1NC(C(F)(F)F)CN1C(C)(C)c1ccnc(NC)c1.C=CCN.CC.FC1(F)CCCCC1. The van der Waals surface area contributed by atoms with Gasteiger partial charge in [0.15, 0.2) is 0 Å². The predicted octanol–water partition coefficient (Wildman–Crippen LogP) is 6.41.